The molecule has 12 heavy (non-hydrogen) atoms. The summed E-state index contributed by atoms with van der Waals surface area (Å²) >= 11 is 1.60. The second-order valence-corrected chi connectivity index (χ2v) is 2.90. The Labute approximate surface area is 75.9 Å². The molecule has 0 saturated carbocycles. The molecular weight excluding hydrogens is 168 g/mol. The molecule has 0 spiro atoms. The third kappa shape index (κ3) is 3.83. The van der Waals surface area contributed by atoms with Crippen LogP contribution in [0.25, 0.3) is 0 Å². The summed E-state index contributed by atoms with van der Waals surface area (Å²) in [5.41, 5.74) is 2.86. The van der Waals surface area contributed by atoms with Crippen LogP contribution in [0, 0.1) is 6.92 Å². The fourth-order valence-electron chi connectivity index (χ4n) is 0.624. The van der Waals surface area contributed by atoms with Crippen LogP contribution in [-0.2, 0) is 0 Å². The topological polar surface area (TPSA) is 25.8 Å². The summed E-state index contributed by atoms with van der Waals surface area (Å²) in [4.78, 5) is 7.72. The van der Waals surface area contributed by atoms with Crippen LogP contribution in [0.5, 0.6) is 0 Å². The second kappa shape index (κ2) is 5.43. The minimum atomic E-state index is 1.07. The molecule has 2 rings (SSSR count). The maximum Gasteiger partial charge on any atom is 0.0791 e. The number of aromatic nitrogens is 2. The molecule has 0 aliphatic heterocycles. The van der Waals surface area contributed by atoms with Gasteiger partial charge in [0.1, 0.15) is 0 Å². The van der Waals surface area contributed by atoms with Gasteiger partial charge in [0.15, 0.2) is 0 Å². The fraction of sp³-hybridized carbons (Fsp3) is 0.111. The molecule has 0 aromatic carbocycles. The molecule has 0 radical (unpaired) electrons. The van der Waals surface area contributed by atoms with Crippen LogP contribution in [0.4, 0.5) is 0 Å². The van der Waals surface area contributed by atoms with Crippen molar-refractivity contribution in [2.24, 2.45) is 0 Å². The van der Waals surface area contributed by atoms with Gasteiger partial charge in [-0.3, -0.25) is 9.97 Å². The van der Waals surface area contributed by atoms with E-state index < -0.39 is 0 Å². The van der Waals surface area contributed by atoms with Gasteiger partial charge in [-0.15, -0.1) is 11.3 Å². The molecule has 0 aliphatic carbocycles. The van der Waals surface area contributed by atoms with Crippen molar-refractivity contribution in [3.63, 3.8) is 0 Å². The van der Waals surface area contributed by atoms with E-state index in [-0.39, 0.29) is 0 Å². The largest absolute Gasteiger partial charge is 0.262 e. The van der Waals surface area contributed by atoms with E-state index in [0.29, 0.717) is 0 Å². The van der Waals surface area contributed by atoms with Crippen LogP contribution in [0.2, 0.25) is 0 Å². The maximum atomic E-state index is 3.98. The molecule has 0 N–H and O–H groups in total. The van der Waals surface area contributed by atoms with Crippen molar-refractivity contribution in [2.75, 3.05) is 0 Å². The summed E-state index contributed by atoms with van der Waals surface area (Å²) in [7, 11) is 0. The first-order chi connectivity index (χ1) is 5.89. The fourth-order valence-corrected chi connectivity index (χ4v) is 0.975. The summed E-state index contributed by atoms with van der Waals surface area (Å²) in [6.45, 7) is 1.97. The third-order valence-corrected chi connectivity index (χ3v) is 1.68. The van der Waals surface area contributed by atoms with Gasteiger partial charge in [0.2, 0.25) is 0 Å². The van der Waals surface area contributed by atoms with Gasteiger partial charge in [-0.05, 0) is 19.1 Å². The Bertz CT molecular complexity index is 261. The predicted octanol–water partition coefficient (Wildman–Crippen LogP) is 2.53. The van der Waals surface area contributed by atoms with Crippen LogP contribution in [0.3, 0.4) is 0 Å². The molecule has 0 saturated heterocycles. The number of hydrogen-bond donors (Lipinski definition) is 0. The van der Waals surface area contributed by atoms with Gasteiger partial charge in [-0.2, -0.15) is 0 Å². The Morgan fingerprint density at radius 2 is 2.17 bits per heavy atom. The maximum absolute atomic E-state index is 3.98. The van der Waals surface area contributed by atoms with Gasteiger partial charge in [0.05, 0.1) is 5.51 Å². The summed E-state index contributed by atoms with van der Waals surface area (Å²) in [6, 6.07) is 5.86. The molecule has 0 atom stereocenters. The monoisotopic (exact) mass is 178 g/mol. The Kier molecular flexibility index (Phi) is 4.02. The highest BCUT2D eigenvalue weighted by Gasteiger charge is 1.73. The van der Waals surface area contributed by atoms with E-state index in [4.69, 9.17) is 0 Å². The minimum absolute atomic E-state index is 1.07. The van der Waals surface area contributed by atoms with E-state index in [0.717, 1.165) is 5.69 Å². The molecule has 0 amide bonds. The Hall–Kier alpha value is -1.22. The number of nitrogens with zero attached hydrogens (tertiary/aromatic N) is 2. The van der Waals surface area contributed by atoms with Gasteiger partial charge in [-0.1, -0.05) is 6.07 Å². The van der Waals surface area contributed by atoms with Crippen LogP contribution in [0.15, 0.2) is 41.5 Å². The molecular formula is C9H10N2S. The van der Waals surface area contributed by atoms with Crippen molar-refractivity contribution in [2.45, 2.75) is 6.92 Å². The highest BCUT2D eigenvalue weighted by atomic mass is 32.1. The van der Waals surface area contributed by atoms with Crippen LogP contribution in [-0.4, -0.2) is 9.97 Å². The lowest BCUT2D eigenvalue weighted by Gasteiger charge is -1.82. The van der Waals surface area contributed by atoms with Crippen molar-refractivity contribution < 1.29 is 0 Å². The predicted molar refractivity (Wildman–Crippen MR) is 51.1 cm³/mol. The number of rotatable bonds is 0. The number of aryl methyl sites for hydroxylation is 1. The lowest BCUT2D eigenvalue weighted by atomic mass is 10.4. The van der Waals surface area contributed by atoms with E-state index in [1.165, 1.54) is 0 Å². The summed E-state index contributed by atoms with van der Waals surface area (Å²) in [5.74, 6) is 0. The van der Waals surface area contributed by atoms with E-state index in [9.17, 15) is 0 Å². The zero-order valence-electron chi connectivity index (χ0n) is 6.84. The van der Waals surface area contributed by atoms with Gasteiger partial charge in [-0.25, -0.2) is 0 Å². The van der Waals surface area contributed by atoms with Crippen molar-refractivity contribution in [3.8, 4) is 0 Å². The molecule has 62 valence electrons. The quantitative estimate of drug-likeness (QED) is 0.619. The molecule has 2 heterocycles. The molecule has 0 unspecified atom stereocenters. The lowest BCUT2D eigenvalue weighted by Crippen LogP contribution is -1.72. The molecule has 2 nitrogen and oxygen atoms in total. The Balaban J connectivity index is 0.000000127. The minimum Gasteiger partial charge on any atom is -0.262 e. The van der Waals surface area contributed by atoms with Crippen molar-refractivity contribution in [3.05, 3.63) is 47.2 Å². The first-order valence-corrected chi connectivity index (χ1v) is 4.53. The molecule has 0 bridgehead atoms. The first kappa shape index (κ1) is 8.87. The molecule has 0 fully saturated rings. The van der Waals surface area contributed by atoms with E-state index in [2.05, 4.69) is 9.97 Å². The van der Waals surface area contributed by atoms with Gasteiger partial charge in [0, 0.05) is 23.5 Å². The Morgan fingerprint density at radius 1 is 1.25 bits per heavy atom. The first-order valence-electron chi connectivity index (χ1n) is 3.59. The van der Waals surface area contributed by atoms with Crippen molar-refractivity contribution in [1.29, 1.82) is 0 Å². The van der Waals surface area contributed by atoms with E-state index in [1.54, 1.807) is 29.2 Å². The van der Waals surface area contributed by atoms with Crippen LogP contribution < -0.4 is 0 Å². The smallest absolute Gasteiger partial charge is 0.0791 e. The van der Waals surface area contributed by atoms with Gasteiger partial charge >= 0.3 is 0 Å². The van der Waals surface area contributed by atoms with E-state index in [1.807, 2.05) is 30.5 Å². The second-order valence-electron chi connectivity index (χ2n) is 2.15. The lowest BCUT2D eigenvalue weighted by molar-refractivity contribution is 1.20. The van der Waals surface area contributed by atoms with Crippen LogP contribution >= 0.6 is 11.3 Å². The SMILES string of the molecule is Cc1ccccn1.c1cscn1. The zero-order chi connectivity index (χ0) is 8.65. The zero-order valence-corrected chi connectivity index (χ0v) is 7.66. The van der Waals surface area contributed by atoms with E-state index >= 15 is 0 Å². The Morgan fingerprint density at radius 3 is 2.42 bits per heavy atom. The van der Waals surface area contributed by atoms with Gasteiger partial charge < -0.3 is 0 Å². The normalized spacial score (nSPS) is 8.42. The number of thiazole rings is 1. The standard InChI is InChI=1S/C6H7N.C3H3NS/c1-6-4-2-3-5-7-6;1-2-5-3-4-1/h2-5H,1H3;1-3H. The highest BCUT2D eigenvalue weighted by Crippen LogP contribution is 1.86. The van der Waals surface area contributed by atoms with Crippen molar-refractivity contribution in [1.82, 2.24) is 9.97 Å². The summed E-state index contributed by atoms with van der Waals surface area (Å²) in [5, 5.41) is 1.93. The number of hydrogen-bond acceptors (Lipinski definition) is 3. The average Bonchev–Trinajstić information content (AvgIpc) is 2.62. The molecule has 0 aliphatic rings. The average molecular weight is 178 g/mol. The van der Waals surface area contributed by atoms with Crippen molar-refractivity contribution >= 4 is 11.3 Å². The highest BCUT2D eigenvalue weighted by molar-refractivity contribution is 7.07. The molecule has 2 aromatic rings. The summed E-state index contributed by atoms with van der Waals surface area (Å²) < 4.78 is 0. The van der Waals surface area contributed by atoms with Crippen LogP contribution in [0.1, 0.15) is 5.69 Å². The molecule has 3 heteroatoms. The molecule has 2 aromatic heterocycles. The number of pyridine rings is 1. The summed E-state index contributed by atoms with van der Waals surface area (Å²) in [6.07, 6.45) is 3.56. The van der Waals surface area contributed by atoms with Gasteiger partial charge in [0.25, 0.3) is 0 Å². The third-order valence-electron chi connectivity index (χ3n) is 1.16.